The van der Waals surface area contributed by atoms with Gasteiger partial charge in [-0.05, 0) is 25.8 Å². The number of rotatable bonds is 6. The average Bonchev–Trinajstić information content (AvgIpc) is 2.71. The van der Waals surface area contributed by atoms with Gasteiger partial charge in [-0.15, -0.1) is 0 Å². The zero-order chi connectivity index (χ0) is 14.8. The molecule has 0 aliphatic carbocycles. The van der Waals surface area contributed by atoms with Crippen LogP contribution in [0, 0.1) is 0 Å². The topological polar surface area (TPSA) is 88.4 Å². The lowest BCUT2D eigenvalue weighted by Gasteiger charge is -2.27. The molecule has 1 aromatic rings. The molecule has 7 heteroatoms. The Morgan fingerprint density at radius 1 is 1.42 bits per heavy atom. The molecular formula is C12H20N2O4S. The molecule has 0 bridgehead atoms. The molecule has 0 radical (unpaired) electrons. The van der Waals surface area contributed by atoms with Gasteiger partial charge in [0.25, 0.3) is 0 Å². The van der Waals surface area contributed by atoms with Gasteiger partial charge in [0.15, 0.2) is 0 Å². The van der Waals surface area contributed by atoms with Gasteiger partial charge in [-0.25, -0.2) is 17.9 Å². The summed E-state index contributed by atoms with van der Waals surface area (Å²) in [6.07, 6.45) is 2.61. The van der Waals surface area contributed by atoms with Crippen LogP contribution in [0.15, 0.2) is 17.2 Å². The Hall–Kier alpha value is -1.34. The zero-order valence-corrected chi connectivity index (χ0v) is 12.4. The Balaban J connectivity index is 3.15. The molecule has 0 aliphatic heterocycles. The van der Waals surface area contributed by atoms with Crippen molar-refractivity contribution in [3.05, 3.63) is 18.0 Å². The Morgan fingerprint density at radius 2 is 1.95 bits per heavy atom. The largest absolute Gasteiger partial charge is 0.477 e. The monoisotopic (exact) mass is 288 g/mol. The number of hydrogen-bond acceptors (Lipinski definition) is 3. The first-order chi connectivity index (χ1) is 8.65. The number of carboxylic acids is 1. The lowest BCUT2D eigenvalue weighted by atomic mass is 9.98. The summed E-state index contributed by atoms with van der Waals surface area (Å²) < 4.78 is 28.4. The van der Waals surface area contributed by atoms with E-state index in [-0.39, 0.29) is 10.6 Å². The predicted octanol–water partition coefficient (Wildman–Crippen LogP) is 1.58. The van der Waals surface area contributed by atoms with Crippen LogP contribution in [-0.2, 0) is 17.1 Å². The number of aromatic nitrogens is 1. The van der Waals surface area contributed by atoms with E-state index in [1.165, 1.54) is 17.8 Å². The molecule has 19 heavy (non-hydrogen) atoms. The van der Waals surface area contributed by atoms with Crippen molar-refractivity contribution < 1.29 is 18.3 Å². The van der Waals surface area contributed by atoms with Crippen LogP contribution in [0.5, 0.6) is 0 Å². The summed E-state index contributed by atoms with van der Waals surface area (Å²) in [7, 11) is -2.21. The molecule has 1 rings (SSSR count). The highest BCUT2D eigenvalue weighted by atomic mass is 32.2. The first-order valence-electron chi connectivity index (χ1n) is 6.09. The van der Waals surface area contributed by atoms with Crippen LogP contribution in [0.3, 0.4) is 0 Å². The maximum atomic E-state index is 12.2. The first kappa shape index (κ1) is 15.7. The molecule has 0 amide bonds. The Bertz CT molecular complexity index is 571. The zero-order valence-electron chi connectivity index (χ0n) is 11.6. The number of aromatic carboxylic acids is 1. The van der Waals surface area contributed by atoms with Gasteiger partial charge in [0, 0.05) is 18.8 Å². The van der Waals surface area contributed by atoms with E-state index in [0.717, 1.165) is 6.07 Å². The van der Waals surface area contributed by atoms with Crippen LogP contribution in [0.4, 0.5) is 0 Å². The van der Waals surface area contributed by atoms with Crippen molar-refractivity contribution in [2.24, 2.45) is 7.05 Å². The third-order valence-corrected chi connectivity index (χ3v) is 5.06. The predicted molar refractivity (Wildman–Crippen MR) is 71.7 cm³/mol. The molecule has 6 nitrogen and oxygen atoms in total. The summed E-state index contributed by atoms with van der Waals surface area (Å²) in [6, 6.07) is 1.16. The molecule has 0 aromatic carbocycles. The van der Waals surface area contributed by atoms with Crippen molar-refractivity contribution in [2.45, 2.75) is 44.0 Å². The van der Waals surface area contributed by atoms with E-state index in [0.29, 0.717) is 12.8 Å². The summed E-state index contributed by atoms with van der Waals surface area (Å²) in [5.74, 6) is -1.15. The minimum Gasteiger partial charge on any atom is -0.477 e. The summed E-state index contributed by atoms with van der Waals surface area (Å²) in [5.41, 5.74) is -0.590. The fourth-order valence-electron chi connectivity index (χ4n) is 1.67. The minimum absolute atomic E-state index is 0.0273. The van der Waals surface area contributed by atoms with Gasteiger partial charge in [-0.1, -0.05) is 13.8 Å². The summed E-state index contributed by atoms with van der Waals surface area (Å²) in [6.45, 7) is 5.63. The standard InChI is InChI=1S/C12H20N2O4S/c1-5-12(3,6-2)13-19(17,18)9-7-10(11(15)16)14(4)8-9/h7-8,13H,5-6H2,1-4H3,(H,15,16). The van der Waals surface area contributed by atoms with Crippen molar-refractivity contribution >= 4 is 16.0 Å². The summed E-state index contributed by atoms with van der Waals surface area (Å²) >= 11 is 0. The molecule has 0 fully saturated rings. The van der Waals surface area contributed by atoms with E-state index < -0.39 is 21.5 Å². The van der Waals surface area contributed by atoms with Crippen LogP contribution in [0.2, 0.25) is 0 Å². The van der Waals surface area contributed by atoms with Crippen LogP contribution < -0.4 is 4.72 Å². The fourth-order valence-corrected chi connectivity index (χ4v) is 3.29. The lowest BCUT2D eigenvalue weighted by molar-refractivity contribution is 0.0686. The van der Waals surface area contributed by atoms with Gasteiger partial charge in [0.2, 0.25) is 10.0 Å². The van der Waals surface area contributed by atoms with Crippen molar-refractivity contribution in [1.29, 1.82) is 0 Å². The number of carboxylic acid groups (broad SMARTS) is 1. The Kier molecular flexibility index (Phi) is 4.42. The second kappa shape index (κ2) is 5.34. The molecule has 1 aromatic heterocycles. The van der Waals surface area contributed by atoms with E-state index in [4.69, 9.17) is 5.11 Å². The second-order valence-electron chi connectivity index (χ2n) is 4.85. The van der Waals surface area contributed by atoms with Crippen molar-refractivity contribution in [3.8, 4) is 0 Å². The molecule has 0 saturated carbocycles. The van der Waals surface area contributed by atoms with E-state index in [1.807, 2.05) is 20.8 Å². The number of carbonyl (C=O) groups is 1. The summed E-state index contributed by atoms with van der Waals surface area (Å²) in [5, 5.41) is 8.93. The van der Waals surface area contributed by atoms with Gasteiger partial charge in [0.05, 0.1) is 0 Å². The van der Waals surface area contributed by atoms with Gasteiger partial charge in [-0.2, -0.15) is 0 Å². The first-order valence-corrected chi connectivity index (χ1v) is 7.57. The van der Waals surface area contributed by atoms with Gasteiger partial charge in [-0.3, -0.25) is 0 Å². The average molecular weight is 288 g/mol. The maximum absolute atomic E-state index is 12.2. The number of nitrogens with zero attached hydrogens (tertiary/aromatic N) is 1. The highest BCUT2D eigenvalue weighted by Crippen LogP contribution is 2.20. The smallest absolute Gasteiger partial charge is 0.352 e. The Labute approximate surface area is 113 Å². The van der Waals surface area contributed by atoms with Gasteiger partial charge >= 0.3 is 5.97 Å². The molecule has 2 N–H and O–H groups in total. The minimum atomic E-state index is -3.71. The van der Waals surface area contributed by atoms with Gasteiger partial charge < -0.3 is 9.67 Å². The van der Waals surface area contributed by atoms with Crippen molar-refractivity contribution in [2.75, 3.05) is 0 Å². The molecule has 0 atom stereocenters. The van der Waals surface area contributed by atoms with Gasteiger partial charge in [0.1, 0.15) is 10.6 Å². The maximum Gasteiger partial charge on any atom is 0.352 e. The van der Waals surface area contributed by atoms with E-state index in [1.54, 1.807) is 0 Å². The second-order valence-corrected chi connectivity index (χ2v) is 6.53. The van der Waals surface area contributed by atoms with Crippen LogP contribution in [0.1, 0.15) is 44.1 Å². The highest BCUT2D eigenvalue weighted by Gasteiger charge is 2.29. The number of hydrogen-bond donors (Lipinski definition) is 2. The SMILES string of the molecule is CCC(C)(CC)NS(=O)(=O)c1cc(C(=O)O)n(C)c1. The van der Waals surface area contributed by atoms with Crippen LogP contribution in [0.25, 0.3) is 0 Å². The van der Waals surface area contributed by atoms with Crippen molar-refractivity contribution in [1.82, 2.24) is 9.29 Å². The highest BCUT2D eigenvalue weighted by molar-refractivity contribution is 7.89. The quantitative estimate of drug-likeness (QED) is 0.831. The van der Waals surface area contributed by atoms with Crippen molar-refractivity contribution in [3.63, 3.8) is 0 Å². The molecular weight excluding hydrogens is 268 g/mol. The number of aryl methyl sites for hydroxylation is 1. The summed E-state index contributed by atoms with van der Waals surface area (Å²) in [4.78, 5) is 10.9. The third kappa shape index (κ3) is 3.36. The molecule has 1 heterocycles. The molecule has 0 aliphatic rings. The Morgan fingerprint density at radius 3 is 2.32 bits per heavy atom. The number of nitrogens with one attached hydrogen (secondary N) is 1. The molecule has 0 spiro atoms. The fraction of sp³-hybridized carbons (Fsp3) is 0.583. The molecule has 0 saturated heterocycles. The normalized spacial score (nSPS) is 12.6. The third-order valence-electron chi connectivity index (χ3n) is 3.45. The molecule has 108 valence electrons. The van der Waals surface area contributed by atoms with E-state index in [2.05, 4.69) is 4.72 Å². The van der Waals surface area contributed by atoms with Crippen LogP contribution in [-0.4, -0.2) is 29.6 Å². The van der Waals surface area contributed by atoms with E-state index >= 15 is 0 Å². The van der Waals surface area contributed by atoms with Crippen LogP contribution >= 0.6 is 0 Å². The lowest BCUT2D eigenvalue weighted by Crippen LogP contribution is -2.44. The molecule has 0 unspecified atom stereocenters. The van der Waals surface area contributed by atoms with E-state index in [9.17, 15) is 13.2 Å². The number of sulfonamides is 1.